The van der Waals surface area contributed by atoms with E-state index < -0.39 is 0 Å². The first-order valence-electron chi connectivity index (χ1n) is 9.88. The molecule has 3 heterocycles. The van der Waals surface area contributed by atoms with Gasteiger partial charge in [0, 0.05) is 17.7 Å². The van der Waals surface area contributed by atoms with Gasteiger partial charge in [0.15, 0.2) is 0 Å². The van der Waals surface area contributed by atoms with Gasteiger partial charge in [0.1, 0.15) is 5.82 Å². The largest absolute Gasteiger partial charge is 0.335 e. The van der Waals surface area contributed by atoms with Crippen LogP contribution in [0, 0.1) is 0 Å². The molecule has 0 saturated carbocycles. The fraction of sp³-hybridized carbons (Fsp3) is 0.476. The first-order valence-corrected chi connectivity index (χ1v) is 9.88. The van der Waals surface area contributed by atoms with Crippen LogP contribution in [0.1, 0.15) is 36.9 Å². The number of hydrogen-bond donors (Lipinski definition) is 1. The Morgan fingerprint density at radius 2 is 1.78 bits per heavy atom. The number of hydrogen-bond acceptors (Lipinski definition) is 4. The Labute approximate surface area is 159 Å². The normalized spacial score (nSPS) is 18.0. The topological polar surface area (TPSA) is 69.3 Å². The highest BCUT2D eigenvalue weighted by Gasteiger charge is 2.26. The van der Waals surface area contributed by atoms with E-state index in [1.807, 2.05) is 35.2 Å². The summed E-state index contributed by atoms with van der Waals surface area (Å²) in [6.45, 7) is 3.50. The third-order valence-corrected chi connectivity index (χ3v) is 5.53. The van der Waals surface area contributed by atoms with Crippen molar-refractivity contribution in [3.05, 3.63) is 51.9 Å². The number of carbonyl (C=O) groups is 1. The maximum absolute atomic E-state index is 12.8. The minimum absolute atomic E-state index is 0.0847. The third-order valence-electron chi connectivity index (χ3n) is 5.53. The Kier molecular flexibility index (Phi) is 5.34. The molecule has 0 atom stereocenters. The average molecular weight is 366 g/mol. The molecule has 0 unspecified atom stereocenters. The van der Waals surface area contributed by atoms with E-state index in [1.54, 1.807) is 0 Å². The van der Waals surface area contributed by atoms with Gasteiger partial charge in [-0.3, -0.25) is 14.5 Å². The molecular weight excluding hydrogens is 340 g/mol. The number of aromatic nitrogens is 2. The SMILES string of the molecule is O=C(CN1CCCCCC1)N1CCc2c(nc(-c3ccccc3)[nH]c2=O)C1. The van der Waals surface area contributed by atoms with Crippen LogP contribution in [0.3, 0.4) is 0 Å². The van der Waals surface area contributed by atoms with Gasteiger partial charge in [0.25, 0.3) is 5.56 Å². The van der Waals surface area contributed by atoms with Crippen LogP contribution >= 0.6 is 0 Å². The lowest BCUT2D eigenvalue weighted by molar-refractivity contribution is -0.133. The Morgan fingerprint density at radius 3 is 2.52 bits per heavy atom. The highest BCUT2D eigenvalue weighted by Crippen LogP contribution is 2.19. The predicted octanol–water partition coefficient (Wildman–Crippen LogP) is 2.20. The van der Waals surface area contributed by atoms with Gasteiger partial charge in [-0.2, -0.15) is 0 Å². The number of nitrogens with one attached hydrogen (secondary N) is 1. The van der Waals surface area contributed by atoms with Crippen LogP contribution < -0.4 is 5.56 Å². The molecule has 1 aromatic heterocycles. The molecule has 1 N–H and O–H groups in total. The molecule has 1 saturated heterocycles. The van der Waals surface area contributed by atoms with Crippen molar-refractivity contribution in [3.63, 3.8) is 0 Å². The molecule has 0 aliphatic carbocycles. The van der Waals surface area contributed by atoms with Crippen LogP contribution in [0.25, 0.3) is 11.4 Å². The van der Waals surface area contributed by atoms with Crippen molar-refractivity contribution in [2.75, 3.05) is 26.2 Å². The summed E-state index contributed by atoms with van der Waals surface area (Å²) < 4.78 is 0. The third kappa shape index (κ3) is 4.11. The number of likely N-dealkylation sites (tertiary alicyclic amines) is 1. The predicted molar refractivity (Wildman–Crippen MR) is 104 cm³/mol. The first-order chi connectivity index (χ1) is 13.2. The number of rotatable bonds is 3. The Bertz CT molecular complexity index is 854. The number of H-pyrrole nitrogens is 1. The first kappa shape index (κ1) is 17.9. The van der Waals surface area contributed by atoms with E-state index in [1.165, 1.54) is 25.7 Å². The number of amides is 1. The summed E-state index contributed by atoms with van der Waals surface area (Å²) in [5.41, 5.74) is 2.24. The van der Waals surface area contributed by atoms with Gasteiger partial charge < -0.3 is 9.88 Å². The lowest BCUT2D eigenvalue weighted by Gasteiger charge is -2.30. The molecule has 0 spiro atoms. The highest BCUT2D eigenvalue weighted by atomic mass is 16.2. The van der Waals surface area contributed by atoms with Crippen LogP contribution in [0.4, 0.5) is 0 Å². The molecule has 1 amide bonds. The molecule has 2 aromatic rings. The number of fused-ring (bicyclic) bond motifs is 1. The van der Waals surface area contributed by atoms with Crippen LogP contribution in [-0.4, -0.2) is 51.9 Å². The molecule has 6 nitrogen and oxygen atoms in total. The van der Waals surface area contributed by atoms with Crippen LogP contribution in [0.15, 0.2) is 35.1 Å². The maximum atomic E-state index is 12.8. The maximum Gasteiger partial charge on any atom is 0.254 e. The molecule has 2 aliphatic rings. The second kappa shape index (κ2) is 8.05. The van der Waals surface area contributed by atoms with E-state index in [-0.39, 0.29) is 11.5 Å². The molecule has 0 bridgehead atoms. The van der Waals surface area contributed by atoms with Crippen molar-refractivity contribution < 1.29 is 4.79 Å². The summed E-state index contributed by atoms with van der Waals surface area (Å²) in [7, 11) is 0. The Balaban J connectivity index is 1.51. The van der Waals surface area contributed by atoms with E-state index in [2.05, 4.69) is 14.9 Å². The average Bonchev–Trinajstić information content (AvgIpc) is 2.97. The monoisotopic (exact) mass is 366 g/mol. The number of nitrogens with zero attached hydrogens (tertiary/aromatic N) is 3. The number of benzene rings is 1. The molecule has 1 fully saturated rings. The Hall–Kier alpha value is -2.47. The van der Waals surface area contributed by atoms with Crippen molar-refractivity contribution >= 4 is 5.91 Å². The lowest BCUT2D eigenvalue weighted by atomic mass is 10.1. The standard InChI is InChI=1S/C21H26N4O2/c26-19(15-24-11-6-1-2-7-12-24)25-13-10-17-18(14-25)22-20(23-21(17)27)16-8-4-3-5-9-16/h3-5,8-9H,1-2,6-7,10-15H2,(H,22,23,27). The summed E-state index contributed by atoms with van der Waals surface area (Å²) in [5, 5.41) is 0. The number of aromatic amines is 1. The zero-order valence-corrected chi connectivity index (χ0v) is 15.6. The smallest absolute Gasteiger partial charge is 0.254 e. The van der Waals surface area contributed by atoms with Crippen LogP contribution in [-0.2, 0) is 17.8 Å². The van der Waals surface area contributed by atoms with Gasteiger partial charge in [-0.15, -0.1) is 0 Å². The molecule has 4 rings (SSSR count). The molecule has 27 heavy (non-hydrogen) atoms. The van der Waals surface area contributed by atoms with Gasteiger partial charge in [-0.25, -0.2) is 4.98 Å². The summed E-state index contributed by atoms with van der Waals surface area (Å²) >= 11 is 0. The van der Waals surface area contributed by atoms with Crippen LogP contribution in [0.2, 0.25) is 0 Å². The van der Waals surface area contributed by atoms with Gasteiger partial charge in [0.2, 0.25) is 5.91 Å². The molecule has 6 heteroatoms. The van der Waals surface area contributed by atoms with Gasteiger partial charge in [0.05, 0.1) is 18.8 Å². The van der Waals surface area contributed by atoms with E-state index in [0.717, 1.165) is 24.3 Å². The second-order valence-electron chi connectivity index (χ2n) is 7.46. The van der Waals surface area contributed by atoms with Gasteiger partial charge >= 0.3 is 0 Å². The second-order valence-corrected chi connectivity index (χ2v) is 7.46. The minimum atomic E-state index is -0.0847. The molecular formula is C21H26N4O2. The highest BCUT2D eigenvalue weighted by molar-refractivity contribution is 5.78. The minimum Gasteiger partial charge on any atom is -0.335 e. The van der Waals surface area contributed by atoms with E-state index >= 15 is 0 Å². The molecule has 1 aromatic carbocycles. The molecule has 0 radical (unpaired) electrons. The quantitative estimate of drug-likeness (QED) is 0.904. The zero-order chi connectivity index (χ0) is 18.6. The fourth-order valence-corrected chi connectivity index (χ4v) is 3.97. The van der Waals surface area contributed by atoms with E-state index in [9.17, 15) is 9.59 Å². The van der Waals surface area contributed by atoms with Gasteiger partial charge in [-0.1, -0.05) is 43.2 Å². The van der Waals surface area contributed by atoms with Crippen molar-refractivity contribution in [1.82, 2.24) is 19.8 Å². The summed E-state index contributed by atoms with van der Waals surface area (Å²) in [6.07, 6.45) is 5.44. The van der Waals surface area contributed by atoms with Crippen molar-refractivity contribution in [3.8, 4) is 11.4 Å². The number of carbonyl (C=O) groups excluding carboxylic acids is 1. The fourth-order valence-electron chi connectivity index (χ4n) is 3.97. The van der Waals surface area contributed by atoms with Crippen molar-refractivity contribution in [2.24, 2.45) is 0 Å². The Morgan fingerprint density at radius 1 is 1.04 bits per heavy atom. The summed E-state index contributed by atoms with van der Waals surface area (Å²) in [5.74, 6) is 0.715. The van der Waals surface area contributed by atoms with Crippen molar-refractivity contribution in [1.29, 1.82) is 0 Å². The van der Waals surface area contributed by atoms with E-state index in [0.29, 0.717) is 37.4 Å². The van der Waals surface area contributed by atoms with Gasteiger partial charge in [-0.05, 0) is 32.4 Å². The molecule has 2 aliphatic heterocycles. The lowest BCUT2D eigenvalue weighted by Crippen LogP contribution is -2.44. The summed E-state index contributed by atoms with van der Waals surface area (Å²) in [4.78, 5) is 37.0. The van der Waals surface area contributed by atoms with Crippen molar-refractivity contribution in [2.45, 2.75) is 38.6 Å². The molecule has 142 valence electrons. The summed E-state index contributed by atoms with van der Waals surface area (Å²) in [6, 6.07) is 9.63. The van der Waals surface area contributed by atoms with E-state index in [4.69, 9.17) is 0 Å². The zero-order valence-electron chi connectivity index (χ0n) is 15.6. The van der Waals surface area contributed by atoms with Crippen LogP contribution in [0.5, 0.6) is 0 Å².